The molecule has 0 unspecified atom stereocenters. The first-order valence-corrected chi connectivity index (χ1v) is 6.06. The van der Waals surface area contributed by atoms with Crippen LogP contribution in [0.4, 0.5) is 0 Å². The highest BCUT2D eigenvalue weighted by Crippen LogP contribution is 2.18. The van der Waals surface area contributed by atoms with E-state index in [2.05, 4.69) is 32.2 Å². The van der Waals surface area contributed by atoms with Crippen molar-refractivity contribution in [1.82, 2.24) is 5.32 Å². The minimum atomic E-state index is 0.104. The van der Waals surface area contributed by atoms with Crippen LogP contribution in [0.3, 0.4) is 0 Å². The Morgan fingerprint density at radius 1 is 1.18 bits per heavy atom. The van der Waals surface area contributed by atoms with Crippen molar-refractivity contribution in [3.63, 3.8) is 0 Å². The third-order valence-electron chi connectivity index (χ3n) is 2.28. The predicted octanol–water partition coefficient (Wildman–Crippen LogP) is 2.95. The van der Waals surface area contributed by atoms with Crippen molar-refractivity contribution >= 4 is 0 Å². The van der Waals surface area contributed by atoms with Gasteiger partial charge >= 0.3 is 0 Å². The molecule has 0 aliphatic carbocycles. The van der Waals surface area contributed by atoms with Crippen molar-refractivity contribution in [3.05, 3.63) is 29.8 Å². The molecule has 0 aliphatic rings. The third-order valence-corrected chi connectivity index (χ3v) is 2.28. The van der Waals surface area contributed by atoms with E-state index in [1.54, 1.807) is 0 Å². The van der Waals surface area contributed by atoms with Gasteiger partial charge in [-0.2, -0.15) is 0 Å². The fraction of sp³-hybridized carbons (Fsp3) is 0.571. The number of ether oxygens (including phenoxy) is 2. The Labute approximate surface area is 104 Å². The van der Waals surface area contributed by atoms with Gasteiger partial charge in [0, 0.05) is 24.3 Å². The monoisotopic (exact) mass is 237 g/mol. The molecule has 0 fully saturated rings. The molecule has 0 saturated carbocycles. The van der Waals surface area contributed by atoms with E-state index in [9.17, 15) is 0 Å². The van der Waals surface area contributed by atoms with E-state index in [1.165, 1.54) is 0 Å². The zero-order valence-corrected chi connectivity index (χ0v) is 11.2. The van der Waals surface area contributed by atoms with Crippen molar-refractivity contribution in [2.24, 2.45) is 0 Å². The largest absolute Gasteiger partial charge is 0.467 e. The predicted molar refractivity (Wildman–Crippen MR) is 70.2 cm³/mol. The molecule has 0 bridgehead atoms. The molecule has 17 heavy (non-hydrogen) atoms. The van der Waals surface area contributed by atoms with E-state index in [4.69, 9.17) is 9.47 Å². The first kappa shape index (κ1) is 14.0. The lowest BCUT2D eigenvalue weighted by atomic mass is 10.1. The molecule has 0 aliphatic heterocycles. The Bertz CT molecular complexity index is 331. The van der Waals surface area contributed by atoms with Crippen LogP contribution in [-0.2, 0) is 11.3 Å². The molecule has 3 heteroatoms. The van der Waals surface area contributed by atoms with Crippen LogP contribution in [0.15, 0.2) is 24.3 Å². The Balaban J connectivity index is 2.58. The number of rotatable bonds is 6. The fourth-order valence-corrected chi connectivity index (χ4v) is 1.34. The number of para-hydroxylation sites is 1. The molecule has 1 N–H and O–H groups in total. The SMILES string of the molecule is CCOCOc1ccccc1CNC(C)(C)C. The molecule has 0 aromatic heterocycles. The molecule has 1 aromatic rings. The van der Waals surface area contributed by atoms with Crippen LogP contribution < -0.4 is 10.1 Å². The molecular formula is C14H23NO2. The minimum absolute atomic E-state index is 0.104. The van der Waals surface area contributed by atoms with Gasteiger partial charge in [0.2, 0.25) is 0 Å². The van der Waals surface area contributed by atoms with Crippen molar-refractivity contribution in [2.45, 2.75) is 39.8 Å². The molecule has 0 saturated heterocycles. The lowest BCUT2D eigenvalue weighted by molar-refractivity contribution is 0.0217. The number of benzene rings is 1. The Hall–Kier alpha value is -1.06. The van der Waals surface area contributed by atoms with Gasteiger partial charge in [0.25, 0.3) is 0 Å². The quantitative estimate of drug-likeness (QED) is 0.609. The van der Waals surface area contributed by atoms with Gasteiger partial charge in [-0.05, 0) is 33.8 Å². The van der Waals surface area contributed by atoms with Crippen molar-refractivity contribution < 1.29 is 9.47 Å². The van der Waals surface area contributed by atoms with E-state index in [0.717, 1.165) is 17.9 Å². The number of nitrogens with one attached hydrogen (secondary N) is 1. The van der Waals surface area contributed by atoms with Crippen LogP contribution in [0.25, 0.3) is 0 Å². The van der Waals surface area contributed by atoms with Gasteiger partial charge in [0.05, 0.1) is 0 Å². The van der Waals surface area contributed by atoms with E-state index in [1.807, 2.05) is 25.1 Å². The average Bonchev–Trinajstić information content (AvgIpc) is 2.27. The lowest BCUT2D eigenvalue weighted by Crippen LogP contribution is -2.35. The maximum Gasteiger partial charge on any atom is 0.189 e. The summed E-state index contributed by atoms with van der Waals surface area (Å²) in [7, 11) is 0. The van der Waals surface area contributed by atoms with Crippen LogP contribution in [0, 0.1) is 0 Å². The summed E-state index contributed by atoms with van der Waals surface area (Å²) in [5.74, 6) is 0.887. The molecule has 0 heterocycles. The summed E-state index contributed by atoms with van der Waals surface area (Å²) in [6, 6.07) is 8.04. The molecule has 3 nitrogen and oxygen atoms in total. The fourth-order valence-electron chi connectivity index (χ4n) is 1.34. The van der Waals surface area contributed by atoms with Gasteiger partial charge in [0.1, 0.15) is 5.75 Å². The van der Waals surface area contributed by atoms with Crippen molar-refractivity contribution in [1.29, 1.82) is 0 Å². The Morgan fingerprint density at radius 3 is 2.53 bits per heavy atom. The first-order chi connectivity index (χ1) is 8.03. The van der Waals surface area contributed by atoms with E-state index < -0.39 is 0 Å². The summed E-state index contributed by atoms with van der Waals surface area (Å²) in [5, 5.41) is 3.45. The lowest BCUT2D eigenvalue weighted by Gasteiger charge is -2.21. The van der Waals surface area contributed by atoms with Gasteiger partial charge in [-0.1, -0.05) is 18.2 Å². The summed E-state index contributed by atoms with van der Waals surface area (Å²) >= 11 is 0. The minimum Gasteiger partial charge on any atom is -0.467 e. The van der Waals surface area contributed by atoms with Crippen LogP contribution in [0.2, 0.25) is 0 Å². The Morgan fingerprint density at radius 2 is 1.88 bits per heavy atom. The zero-order valence-electron chi connectivity index (χ0n) is 11.2. The molecule has 96 valence electrons. The Kier molecular flexibility index (Phi) is 5.45. The summed E-state index contributed by atoms with van der Waals surface area (Å²) in [6.07, 6.45) is 0. The molecular weight excluding hydrogens is 214 g/mol. The van der Waals surface area contributed by atoms with E-state index in [-0.39, 0.29) is 5.54 Å². The molecule has 0 spiro atoms. The van der Waals surface area contributed by atoms with Gasteiger partial charge in [-0.15, -0.1) is 0 Å². The van der Waals surface area contributed by atoms with E-state index >= 15 is 0 Å². The van der Waals surface area contributed by atoms with Gasteiger partial charge in [-0.3, -0.25) is 0 Å². The molecule has 0 atom stereocenters. The zero-order chi connectivity index (χ0) is 12.7. The average molecular weight is 237 g/mol. The first-order valence-electron chi connectivity index (χ1n) is 6.06. The van der Waals surface area contributed by atoms with Gasteiger partial charge in [0.15, 0.2) is 6.79 Å². The second kappa shape index (κ2) is 6.62. The highest BCUT2D eigenvalue weighted by Gasteiger charge is 2.10. The summed E-state index contributed by atoms with van der Waals surface area (Å²) in [5.41, 5.74) is 1.26. The molecule has 1 rings (SSSR count). The molecule has 0 radical (unpaired) electrons. The second-order valence-corrected chi connectivity index (χ2v) is 4.97. The third kappa shape index (κ3) is 5.71. The second-order valence-electron chi connectivity index (χ2n) is 4.97. The van der Waals surface area contributed by atoms with Gasteiger partial charge < -0.3 is 14.8 Å². The highest BCUT2D eigenvalue weighted by molar-refractivity contribution is 5.33. The maximum absolute atomic E-state index is 5.58. The van der Waals surface area contributed by atoms with E-state index in [0.29, 0.717) is 13.4 Å². The number of hydrogen-bond donors (Lipinski definition) is 1. The van der Waals surface area contributed by atoms with Crippen LogP contribution in [-0.4, -0.2) is 18.9 Å². The maximum atomic E-state index is 5.58. The highest BCUT2D eigenvalue weighted by atomic mass is 16.7. The molecule has 0 amide bonds. The van der Waals surface area contributed by atoms with Crippen LogP contribution in [0.1, 0.15) is 33.3 Å². The van der Waals surface area contributed by atoms with Crippen LogP contribution in [0.5, 0.6) is 5.75 Å². The number of hydrogen-bond acceptors (Lipinski definition) is 3. The molecule has 1 aromatic carbocycles. The topological polar surface area (TPSA) is 30.5 Å². The summed E-state index contributed by atoms with van der Waals surface area (Å²) in [4.78, 5) is 0. The van der Waals surface area contributed by atoms with Crippen molar-refractivity contribution in [3.8, 4) is 5.75 Å². The van der Waals surface area contributed by atoms with Gasteiger partial charge in [-0.25, -0.2) is 0 Å². The van der Waals surface area contributed by atoms with Crippen LogP contribution >= 0.6 is 0 Å². The normalized spacial score (nSPS) is 11.5. The smallest absolute Gasteiger partial charge is 0.189 e. The summed E-state index contributed by atoms with van der Waals surface area (Å²) in [6.45, 7) is 10.2. The summed E-state index contributed by atoms with van der Waals surface area (Å²) < 4.78 is 10.8. The van der Waals surface area contributed by atoms with Crippen molar-refractivity contribution in [2.75, 3.05) is 13.4 Å². The standard InChI is InChI=1S/C14H23NO2/c1-5-16-11-17-13-9-7-6-8-12(13)10-15-14(2,3)4/h6-9,15H,5,10-11H2,1-4H3.